The zero-order valence-corrected chi connectivity index (χ0v) is 12.1. The van der Waals surface area contributed by atoms with Gasteiger partial charge in [-0.25, -0.2) is 9.59 Å². The molecule has 0 bridgehead atoms. The number of hydrogen-bond acceptors (Lipinski definition) is 5. The van der Waals surface area contributed by atoms with Gasteiger partial charge in [-0.3, -0.25) is 10.1 Å². The number of urea groups is 1. The second-order valence-corrected chi connectivity index (χ2v) is 4.66. The highest BCUT2D eigenvalue weighted by molar-refractivity contribution is 5.96. The average Bonchev–Trinajstić information content (AvgIpc) is 2.49. The maximum Gasteiger partial charge on any atom is 0.354 e. The van der Waals surface area contributed by atoms with Crippen molar-refractivity contribution in [2.45, 2.75) is 19.9 Å². The number of nitro groups is 1. The standard InChI is InChI=1S/C14H15N3O5/c1-3-22-13(18)12-8(2)11(15-14(19)16-12)9-5-4-6-10(7-9)17(20)21/h4-7,11H,3H2,1-2H3,(H2,15,16,19). The predicted molar refractivity (Wildman–Crippen MR) is 76.8 cm³/mol. The summed E-state index contributed by atoms with van der Waals surface area (Å²) in [6, 6.07) is 4.70. The Morgan fingerprint density at radius 1 is 1.45 bits per heavy atom. The predicted octanol–water partition coefficient (Wildman–Crippen LogP) is 1.79. The number of carbonyl (C=O) groups excluding carboxylic acids is 2. The van der Waals surface area contributed by atoms with Gasteiger partial charge in [0, 0.05) is 12.1 Å². The van der Waals surface area contributed by atoms with Crippen molar-refractivity contribution in [2.24, 2.45) is 0 Å². The molecular weight excluding hydrogens is 290 g/mol. The van der Waals surface area contributed by atoms with Crippen LogP contribution in [0.5, 0.6) is 0 Å². The van der Waals surface area contributed by atoms with Gasteiger partial charge in [-0.15, -0.1) is 0 Å². The van der Waals surface area contributed by atoms with Gasteiger partial charge in [0.05, 0.1) is 17.6 Å². The van der Waals surface area contributed by atoms with E-state index in [4.69, 9.17) is 4.74 Å². The monoisotopic (exact) mass is 305 g/mol. The van der Waals surface area contributed by atoms with Crippen LogP contribution in [0.3, 0.4) is 0 Å². The van der Waals surface area contributed by atoms with Gasteiger partial charge in [0.25, 0.3) is 5.69 Å². The smallest absolute Gasteiger partial charge is 0.354 e. The normalized spacial score (nSPS) is 17.5. The van der Waals surface area contributed by atoms with E-state index in [0.717, 1.165) is 0 Å². The molecule has 116 valence electrons. The Morgan fingerprint density at radius 2 is 2.18 bits per heavy atom. The van der Waals surface area contributed by atoms with Crippen LogP contribution in [0.1, 0.15) is 25.5 Å². The van der Waals surface area contributed by atoms with Crippen molar-refractivity contribution in [3.05, 3.63) is 51.2 Å². The molecule has 1 atom stereocenters. The van der Waals surface area contributed by atoms with E-state index >= 15 is 0 Å². The first kappa shape index (κ1) is 15.5. The summed E-state index contributed by atoms with van der Waals surface area (Å²) in [6.07, 6.45) is 0. The van der Waals surface area contributed by atoms with Gasteiger partial charge in [0.2, 0.25) is 0 Å². The lowest BCUT2D eigenvalue weighted by molar-refractivity contribution is -0.384. The third-order valence-electron chi connectivity index (χ3n) is 3.24. The summed E-state index contributed by atoms with van der Waals surface area (Å²) >= 11 is 0. The summed E-state index contributed by atoms with van der Waals surface area (Å²) in [6.45, 7) is 3.50. The van der Waals surface area contributed by atoms with Gasteiger partial charge in [-0.05, 0) is 25.0 Å². The van der Waals surface area contributed by atoms with E-state index in [1.54, 1.807) is 19.9 Å². The van der Waals surface area contributed by atoms with Gasteiger partial charge in [-0.1, -0.05) is 12.1 Å². The second kappa shape index (κ2) is 6.25. The van der Waals surface area contributed by atoms with Crippen molar-refractivity contribution in [2.75, 3.05) is 6.61 Å². The Labute approximate surface area is 126 Å². The van der Waals surface area contributed by atoms with E-state index < -0.39 is 23.0 Å². The zero-order chi connectivity index (χ0) is 16.3. The number of rotatable bonds is 4. The SMILES string of the molecule is CCOC(=O)C1=C(C)C(c2cccc([N+](=O)[O-])c2)NC(=O)N1. The first-order chi connectivity index (χ1) is 10.4. The minimum atomic E-state index is -0.634. The number of nitrogens with one attached hydrogen (secondary N) is 2. The lowest BCUT2D eigenvalue weighted by Crippen LogP contribution is -2.45. The highest BCUT2D eigenvalue weighted by Crippen LogP contribution is 2.28. The van der Waals surface area contributed by atoms with Gasteiger partial charge in [0.15, 0.2) is 0 Å². The summed E-state index contributed by atoms with van der Waals surface area (Å²) < 4.78 is 4.90. The summed E-state index contributed by atoms with van der Waals surface area (Å²) in [4.78, 5) is 34.0. The lowest BCUT2D eigenvalue weighted by atomic mass is 9.96. The fourth-order valence-electron chi connectivity index (χ4n) is 2.20. The van der Waals surface area contributed by atoms with Gasteiger partial charge >= 0.3 is 12.0 Å². The quantitative estimate of drug-likeness (QED) is 0.500. The first-order valence-electron chi connectivity index (χ1n) is 6.63. The van der Waals surface area contributed by atoms with E-state index in [2.05, 4.69) is 10.6 Å². The Morgan fingerprint density at radius 3 is 2.82 bits per heavy atom. The molecular formula is C14H15N3O5. The molecule has 0 fully saturated rings. The molecule has 8 nitrogen and oxygen atoms in total. The molecule has 2 amide bonds. The molecule has 1 unspecified atom stereocenters. The van der Waals surface area contributed by atoms with Crippen LogP contribution in [0, 0.1) is 10.1 Å². The third kappa shape index (κ3) is 3.05. The highest BCUT2D eigenvalue weighted by atomic mass is 16.6. The van der Waals surface area contributed by atoms with Crippen LogP contribution in [0.15, 0.2) is 35.5 Å². The molecule has 22 heavy (non-hydrogen) atoms. The number of ether oxygens (including phenoxy) is 1. The molecule has 1 aromatic rings. The number of benzene rings is 1. The number of esters is 1. The molecule has 1 heterocycles. The maximum absolute atomic E-state index is 11.9. The fourth-order valence-corrected chi connectivity index (χ4v) is 2.20. The van der Waals surface area contributed by atoms with E-state index in [0.29, 0.717) is 11.1 Å². The molecule has 2 rings (SSSR count). The van der Waals surface area contributed by atoms with E-state index in [1.165, 1.54) is 18.2 Å². The molecule has 0 aliphatic carbocycles. The Kier molecular flexibility index (Phi) is 4.40. The number of amides is 2. The van der Waals surface area contributed by atoms with Crippen LogP contribution in [0.25, 0.3) is 0 Å². The Hall–Kier alpha value is -2.90. The van der Waals surface area contributed by atoms with Gasteiger partial charge < -0.3 is 15.4 Å². The van der Waals surface area contributed by atoms with Crippen LogP contribution in [0.4, 0.5) is 10.5 Å². The molecule has 1 aromatic carbocycles. The summed E-state index contributed by atoms with van der Waals surface area (Å²) in [5.41, 5.74) is 1.01. The van der Waals surface area contributed by atoms with Crippen molar-refractivity contribution in [1.82, 2.24) is 10.6 Å². The molecule has 0 saturated carbocycles. The van der Waals surface area contributed by atoms with Crippen LogP contribution in [-0.2, 0) is 9.53 Å². The topological polar surface area (TPSA) is 111 Å². The lowest BCUT2D eigenvalue weighted by Gasteiger charge is -2.27. The minimum absolute atomic E-state index is 0.0575. The van der Waals surface area contributed by atoms with Gasteiger partial charge in [-0.2, -0.15) is 0 Å². The van der Waals surface area contributed by atoms with Crippen molar-refractivity contribution >= 4 is 17.7 Å². The molecule has 0 radical (unpaired) electrons. The Bertz CT molecular complexity index is 668. The largest absolute Gasteiger partial charge is 0.461 e. The van der Waals surface area contributed by atoms with Crippen molar-refractivity contribution in [3.63, 3.8) is 0 Å². The number of nitrogens with zero attached hydrogens (tertiary/aromatic N) is 1. The number of hydrogen-bond donors (Lipinski definition) is 2. The zero-order valence-electron chi connectivity index (χ0n) is 12.1. The van der Waals surface area contributed by atoms with Crippen LogP contribution in [0.2, 0.25) is 0 Å². The molecule has 1 aliphatic rings. The molecule has 0 spiro atoms. The van der Waals surface area contributed by atoms with E-state index in [-0.39, 0.29) is 18.0 Å². The number of non-ortho nitro benzene ring substituents is 1. The fraction of sp³-hybridized carbons (Fsp3) is 0.286. The summed E-state index contributed by atoms with van der Waals surface area (Å²) in [7, 11) is 0. The summed E-state index contributed by atoms with van der Waals surface area (Å²) in [5, 5.41) is 15.9. The highest BCUT2D eigenvalue weighted by Gasteiger charge is 2.30. The molecule has 1 aliphatic heterocycles. The van der Waals surface area contributed by atoms with Crippen LogP contribution in [-0.4, -0.2) is 23.5 Å². The van der Waals surface area contributed by atoms with Crippen LogP contribution < -0.4 is 10.6 Å². The van der Waals surface area contributed by atoms with E-state index in [1.807, 2.05) is 0 Å². The van der Waals surface area contributed by atoms with Crippen molar-refractivity contribution in [3.8, 4) is 0 Å². The van der Waals surface area contributed by atoms with Crippen molar-refractivity contribution in [1.29, 1.82) is 0 Å². The summed E-state index contributed by atoms with van der Waals surface area (Å²) in [5.74, 6) is -0.634. The minimum Gasteiger partial charge on any atom is -0.461 e. The number of nitro benzene ring substituents is 1. The second-order valence-electron chi connectivity index (χ2n) is 4.66. The molecule has 8 heteroatoms. The first-order valence-corrected chi connectivity index (χ1v) is 6.63. The Balaban J connectivity index is 2.43. The number of carbonyl (C=O) groups is 2. The maximum atomic E-state index is 11.9. The molecule has 2 N–H and O–H groups in total. The third-order valence-corrected chi connectivity index (χ3v) is 3.24. The molecule has 0 saturated heterocycles. The van der Waals surface area contributed by atoms with Gasteiger partial charge in [0.1, 0.15) is 5.70 Å². The average molecular weight is 305 g/mol. The molecule has 0 aromatic heterocycles. The van der Waals surface area contributed by atoms with Crippen LogP contribution >= 0.6 is 0 Å². The van der Waals surface area contributed by atoms with Crippen molar-refractivity contribution < 1.29 is 19.2 Å². The van der Waals surface area contributed by atoms with E-state index in [9.17, 15) is 19.7 Å².